The van der Waals surface area contributed by atoms with Crippen molar-refractivity contribution in [2.24, 2.45) is 11.3 Å². The molecular formula is C16H25NO2. The predicted molar refractivity (Wildman–Crippen MR) is 78.9 cm³/mol. The monoisotopic (exact) mass is 263 g/mol. The van der Waals surface area contributed by atoms with E-state index >= 15 is 0 Å². The predicted octanol–water partition coefficient (Wildman–Crippen LogP) is 4.03. The molecule has 2 unspecified atom stereocenters. The maximum Gasteiger partial charge on any atom is 0.160 e. The zero-order valence-electron chi connectivity index (χ0n) is 12.4. The Balaban J connectivity index is 2.06. The van der Waals surface area contributed by atoms with Crippen LogP contribution in [0.15, 0.2) is 18.2 Å². The van der Waals surface area contributed by atoms with Gasteiger partial charge in [-0.05, 0) is 42.7 Å². The molecule has 0 saturated heterocycles. The van der Waals surface area contributed by atoms with Gasteiger partial charge in [0.15, 0.2) is 11.5 Å². The minimum atomic E-state index is 0.190. The smallest absolute Gasteiger partial charge is 0.160 e. The molecule has 1 aromatic carbocycles. The number of nitrogens with one attached hydrogen (secondary N) is 1. The van der Waals surface area contributed by atoms with Crippen LogP contribution in [0.4, 0.5) is 5.69 Å². The Morgan fingerprint density at radius 3 is 2.63 bits per heavy atom. The van der Waals surface area contributed by atoms with Gasteiger partial charge in [-0.3, -0.25) is 0 Å². The fourth-order valence-electron chi connectivity index (χ4n) is 3.47. The van der Waals surface area contributed by atoms with Crippen LogP contribution in [0.5, 0.6) is 11.5 Å². The molecule has 2 N–H and O–H groups in total. The van der Waals surface area contributed by atoms with E-state index in [0.29, 0.717) is 17.2 Å². The molecule has 1 saturated carbocycles. The highest BCUT2D eigenvalue weighted by molar-refractivity contribution is 5.54. The maximum absolute atomic E-state index is 9.81. The van der Waals surface area contributed by atoms with Crippen LogP contribution in [0, 0.1) is 11.3 Å². The van der Waals surface area contributed by atoms with Gasteiger partial charge >= 0.3 is 0 Å². The third-order valence-electron chi connectivity index (χ3n) is 3.94. The van der Waals surface area contributed by atoms with Crippen LogP contribution in [-0.4, -0.2) is 18.3 Å². The molecule has 1 aliphatic carbocycles. The lowest BCUT2D eigenvalue weighted by Crippen LogP contribution is -2.35. The van der Waals surface area contributed by atoms with Crippen LogP contribution in [0.3, 0.4) is 0 Å². The van der Waals surface area contributed by atoms with Crippen molar-refractivity contribution in [3.8, 4) is 11.5 Å². The Kier molecular flexibility index (Phi) is 3.93. The first-order valence-electron chi connectivity index (χ1n) is 7.03. The molecule has 0 aromatic heterocycles. The van der Waals surface area contributed by atoms with Crippen molar-refractivity contribution >= 4 is 5.69 Å². The van der Waals surface area contributed by atoms with Crippen LogP contribution in [0.2, 0.25) is 0 Å². The van der Waals surface area contributed by atoms with Crippen LogP contribution >= 0.6 is 0 Å². The summed E-state index contributed by atoms with van der Waals surface area (Å²) in [4.78, 5) is 0. The third kappa shape index (κ3) is 3.55. The van der Waals surface area contributed by atoms with Gasteiger partial charge in [-0.1, -0.05) is 20.8 Å². The zero-order chi connectivity index (χ0) is 14.0. The van der Waals surface area contributed by atoms with Gasteiger partial charge in [0.2, 0.25) is 0 Å². The quantitative estimate of drug-likeness (QED) is 0.865. The van der Waals surface area contributed by atoms with E-state index in [1.807, 2.05) is 6.07 Å². The Morgan fingerprint density at radius 2 is 2.05 bits per heavy atom. The van der Waals surface area contributed by atoms with Gasteiger partial charge in [-0.15, -0.1) is 0 Å². The van der Waals surface area contributed by atoms with Gasteiger partial charge in [0.05, 0.1) is 7.11 Å². The van der Waals surface area contributed by atoms with Crippen LogP contribution in [0.1, 0.15) is 40.0 Å². The third-order valence-corrected chi connectivity index (χ3v) is 3.94. The molecule has 106 valence electrons. The summed E-state index contributed by atoms with van der Waals surface area (Å²) in [7, 11) is 1.56. The molecule has 2 atom stereocenters. The number of methoxy groups -OCH3 is 1. The highest BCUT2D eigenvalue weighted by Crippen LogP contribution is 2.40. The molecule has 0 amide bonds. The summed E-state index contributed by atoms with van der Waals surface area (Å²) in [5.41, 5.74) is 1.36. The summed E-state index contributed by atoms with van der Waals surface area (Å²) >= 11 is 0. The SMILES string of the molecule is COc1ccc(NC2CC(C)CC(C)(C)C2)cc1O. The van der Waals surface area contributed by atoms with E-state index in [0.717, 1.165) is 11.6 Å². The molecule has 0 aliphatic heterocycles. The number of phenolic OH excluding ortho intramolecular Hbond substituents is 1. The minimum absolute atomic E-state index is 0.190. The summed E-state index contributed by atoms with van der Waals surface area (Å²) in [5.74, 6) is 1.45. The maximum atomic E-state index is 9.81. The van der Waals surface area contributed by atoms with Gasteiger partial charge in [-0.25, -0.2) is 0 Å². The second-order valence-corrected chi connectivity index (χ2v) is 6.64. The van der Waals surface area contributed by atoms with E-state index in [9.17, 15) is 5.11 Å². The lowest BCUT2D eigenvalue weighted by atomic mass is 9.70. The topological polar surface area (TPSA) is 41.5 Å². The van der Waals surface area contributed by atoms with E-state index in [1.165, 1.54) is 19.3 Å². The molecule has 3 nitrogen and oxygen atoms in total. The number of rotatable bonds is 3. The number of ether oxygens (including phenoxy) is 1. The molecule has 1 aromatic rings. The second kappa shape index (κ2) is 5.32. The Bertz CT molecular complexity index is 442. The molecule has 0 radical (unpaired) electrons. The number of hydrogen-bond donors (Lipinski definition) is 2. The number of benzene rings is 1. The first-order chi connectivity index (χ1) is 8.89. The van der Waals surface area contributed by atoms with Crippen molar-refractivity contribution in [2.45, 2.75) is 46.1 Å². The van der Waals surface area contributed by atoms with Crippen LogP contribution < -0.4 is 10.1 Å². The molecule has 0 bridgehead atoms. The highest BCUT2D eigenvalue weighted by Gasteiger charge is 2.31. The first-order valence-corrected chi connectivity index (χ1v) is 7.03. The highest BCUT2D eigenvalue weighted by atomic mass is 16.5. The summed E-state index contributed by atoms with van der Waals surface area (Å²) in [6, 6.07) is 5.98. The second-order valence-electron chi connectivity index (χ2n) is 6.64. The molecule has 19 heavy (non-hydrogen) atoms. The van der Waals surface area contributed by atoms with E-state index in [4.69, 9.17) is 4.74 Å². The van der Waals surface area contributed by atoms with E-state index in [-0.39, 0.29) is 5.75 Å². The van der Waals surface area contributed by atoms with Crippen molar-refractivity contribution in [3.05, 3.63) is 18.2 Å². The first kappa shape index (κ1) is 14.0. The summed E-state index contributed by atoms with van der Waals surface area (Å²) in [6.45, 7) is 6.99. The molecule has 1 fully saturated rings. The van der Waals surface area contributed by atoms with Crippen molar-refractivity contribution in [1.29, 1.82) is 0 Å². The fourth-order valence-corrected chi connectivity index (χ4v) is 3.47. The average Bonchev–Trinajstić information content (AvgIpc) is 2.26. The summed E-state index contributed by atoms with van der Waals surface area (Å²) < 4.78 is 5.06. The molecule has 0 spiro atoms. The van der Waals surface area contributed by atoms with Gasteiger partial charge in [0.1, 0.15) is 0 Å². The number of aromatic hydroxyl groups is 1. The number of hydrogen-bond acceptors (Lipinski definition) is 3. The summed E-state index contributed by atoms with van der Waals surface area (Å²) in [5, 5.41) is 13.4. The van der Waals surface area contributed by atoms with E-state index in [2.05, 4.69) is 26.1 Å². The van der Waals surface area contributed by atoms with Crippen molar-refractivity contribution in [1.82, 2.24) is 0 Å². The number of phenols is 1. The largest absolute Gasteiger partial charge is 0.504 e. The van der Waals surface area contributed by atoms with E-state index in [1.54, 1.807) is 19.2 Å². The lowest BCUT2D eigenvalue weighted by molar-refractivity contribution is 0.178. The van der Waals surface area contributed by atoms with Gasteiger partial charge in [-0.2, -0.15) is 0 Å². The Hall–Kier alpha value is -1.38. The standard InChI is InChI=1S/C16H25NO2/c1-11-7-13(10-16(2,3)9-11)17-12-5-6-15(19-4)14(18)8-12/h5-6,8,11,13,17-18H,7,9-10H2,1-4H3. The van der Waals surface area contributed by atoms with Crippen LogP contribution in [-0.2, 0) is 0 Å². The number of anilines is 1. The fraction of sp³-hybridized carbons (Fsp3) is 0.625. The van der Waals surface area contributed by atoms with Gasteiger partial charge < -0.3 is 15.2 Å². The molecule has 1 aliphatic rings. The Labute approximate surface area is 116 Å². The van der Waals surface area contributed by atoms with Crippen LogP contribution in [0.25, 0.3) is 0 Å². The minimum Gasteiger partial charge on any atom is -0.504 e. The molecular weight excluding hydrogens is 238 g/mol. The van der Waals surface area contributed by atoms with Crippen molar-refractivity contribution in [3.63, 3.8) is 0 Å². The average molecular weight is 263 g/mol. The molecule has 0 heterocycles. The van der Waals surface area contributed by atoms with Crippen molar-refractivity contribution < 1.29 is 9.84 Å². The van der Waals surface area contributed by atoms with E-state index < -0.39 is 0 Å². The molecule has 2 rings (SSSR count). The zero-order valence-corrected chi connectivity index (χ0v) is 12.4. The van der Waals surface area contributed by atoms with Gasteiger partial charge in [0.25, 0.3) is 0 Å². The normalized spacial score (nSPS) is 25.9. The Morgan fingerprint density at radius 1 is 1.32 bits per heavy atom. The lowest BCUT2D eigenvalue weighted by Gasteiger charge is -2.39. The molecule has 3 heteroatoms. The van der Waals surface area contributed by atoms with Crippen molar-refractivity contribution in [2.75, 3.05) is 12.4 Å². The van der Waals surface area contributed by atoms with Gasteiger partial charge in [0, 0.05) is 17.8 Å². The summed E-state index contributed by atoms with van der Waals surface area (Å²) in [6.07, 6.45) is 3.65.